The van der Waals surface area contributed by atoms with E-state index in [2.05, 4.69) is 20.6 Å². The zero-order chi connectivity index (χ0) is 14.8. The zero-order valence-corrected chi connectivity index (χ0v) is 11.7. The fourth-order valence-corrected chi connectivity index (χ4v) is 2.24. The van der Waals surface area contributed by atoms with Gasteiger partial charge in [0.25, 0.3) is 0 Å². The Morgan fingerprint density at radius 3 is 2.68 bits per heavy atom. The van der Waals surface area contributed by atoms with Gasteiger partial charge in [0.1, 0.15) is 11.6 Å². The molecule has 0 fully saturated rings. The van der Waals surface area contributed by atoms with Crippen LogP contribution in [0, 0.1) is 0 Å². The van der Waals surface area contributed by atoms with E-state index in [0.29, 0.717) is 12.2 Å². The Morgan fingerprint density at radius 2 is 1.86 bits per heavy atom. The molecule has 0 radical (unpaired) electrons. The molecule has 1 N–H and O–H groups in total. The van der Waals surface area contributed by atoms with Gasteiger partial charge in [0.05, 0.1) is 12.8 Å². The van der Waals surface area contributed by atoms with Crippen LogP contribution in [-0.2, 0) is 6.54 Å². The fraction of sp³-hybridized carbons (Fsp3) is 0.0625. The molecule has 0 aliphatic heterocycles. The van der Waals surface area contributed by atoms with Gasteiger partial charge < -0.3 is 9.73 Å². The minimum Gasteiger partial charge on any atom is -0.467 e. The first-order valence-corrected chi connectivity index (χ1v) is 6.94. The summed E-state index contributed by atoms with van der Waals surface area (Å²) >= 11 is 0. The molecule has 0 saturated heterocycles. The summed E-state index contributed by atoms with van der Waals surface area (Å²) in [5, 5.41) is 16.1. The van der Waals surface area contributed by atoms with Crippen LogP contribution in [-0.4, -0.2) is 19.8 Å². The minimum atomic E-state index is 0.578. The fourth-order valence-electron chi connectivity index (χ4n) is 2.24. The molecule has 1 aromatic carbocycles. The summed E-state index contributed by atoms with van der Waals surface area (Å²) in [6.45, 7) is 0.578. The maximum atomic E-state index is 5.30. The van der Waals surface area contributed by atoms with Crippen LogP contribution in [0.1, 0.15) is 5.76 Å². The maximum Gasteiger partial charge on any atom is 0.185 e. The summed E-state index contributed by atoms with van der Waals surface area (Å²) in [5.74, 6) is 2.31. The van der Waals surface area contributed by atoms with E-state index in [9.17, 15) is 0 Å². The lowest BCUT2D eigenvalue weighted by molar-refractivity contribution is 0.517. The van der Waals surface area contributed by atoms with Gasteiger partial charge in [-0.2, -0.15) is 4.52 Å². The number of rotatable bonds is 4. The zero-order valence-electron chi connectivity index (χ0n) is 11.7. The number of aromatic nitrogens is 4. The second-order valence-electron chi connectivity index (χ2n) is 4.81. The number of furan rings is 1. The van der Waals surface area contributed by atoms with Crippen molar-refractivity contribution in [3.05, 3.63) is 66.6 Å². The summed E-state index contributed by atoms with van der Waals surface area (Å²) in [4.78, 5) is 0. The van der Waals surface area contributed by atoms with Gasteiger partial charge in [-0.1, -0.05) is 30.3 Å². The Kier molecular flexibility index (Phi) is 3.05. The Bertz CT molecular complexity index is 883. The first-order valence-electron chi connectivity index (χ1n) is 6.94. The summed E-state index contributed by atoms with van der Waals surface area (Å²) in [6, 6.07) is 17.4. The van der Waals surface area contributed by atoms with Crippen molar-refractivity contribution < 1.29 is 4.42 Å². The van der Waals surface area contributed by atoms with Gasteiger partial charge in [-0.25, -0.2) is 0 Å². The average molecular weight is 291 g/mol. The highest BCUT2D eigenvalue weighted by Gasteiger charge is 2.09. The van der Waals surface area contributed by atoms with Crippen molar-refractivity contribution in [2.24, 2.45) is 0 Å². The molecule has 3 aromatic heterocycles. The molecular formula is C16H13N5O. The second kappa shape index (κ2) is 5.33. The Hall–Kier alpha value is -3.15. The molecule has 22 heavy (non-hydrogen) atoms. The SMILES string of the molecule is c1ccc(-c2nnc3ccc(NCc4ccco4)nn23)cc1. The van der Waals surface area contributed by atoms with Crippen molar-refractivity contribution in [1.29, 1.82) is 0 Å². The van der Waals surface area contributed by atoms with E-state index in [-0.39, 0.29) is 0 Å². The van der Waals surface area contributed by atoms with Crippen LogP contribution in [0.15, 0.2) is 65.3 Å². The molecule has 0 aliphatic carbocycles. The first kappa shape index (κ1) is 12.6. The molecule has 0 atom stereocenters. The van der Waals surface area contributed by atoms with Crippen LogP contribution in [0.25, 0.3) is 17.0 Å². The van der Waals surface area contributed by atoms with Crippen molar-refractivity contribution in [1.82, 2.24) is 19.8 Å². The van der Waals surface area contributed by atoms with E-state index in [4.69, 9.17) is 4.42 Å². The normalized spacial score (nSPS) is 10.9. The topological polar surface area (TPSA) is 68.2 Å². The van der Waals surface area contributed by atoms with E-state index in [0.717, 1.165) is 23.0 Å². The third-order valence-corrected chi connectivity index (χ3v) is 3.32. The number of hydrogen-bond acceptors (Lipinski definition) is 5. The molecule has 0 aliphatic rings. The Labute approximate surface area is 126 Å². The molecule has 108 valence electrons. The monoisotopic (exact) mass is 291 g/mol. The first-order chi connectivity index (χ1) is 10.9. The molecule has 6 nitrogen and oxygen atoms in total. The largest absolute Gasteiger partial charge is 0.467 e. The lowest BCUT2D eigenvalue weighted by Crippen LogP contribution is -2.04. The van der Waals surface area contributed by atoms with Crippen molar-refractivity contribution in [3.63, 3.8) is 0 Å². The predicted octanol–water partition coefficient (Wildman–Crippen LogP) is 3.00. The summed E-state index contributed by atoms with van der Waals surface area (Å²) in [5.41, 5.74) is 1.69. The molecule has 0 spiro atoms. The minimum absolute atomic E-state index is 0.578. The summed E-state index contributed by atoms with van der Waals surface area (Å²) < 4.78 is 7.03. The maximum absolute atomic E-state index is 5.30. The standard InChI is InChI=1S/C16H13N5O/c1-2-5-12(6-3-1)16-19-18-15-9-8-14(20-21(15)16)17-11-13-7-4-10-22-13/h1-10H,11H2,(H,17,20). The lowest BCUT2D eigenvalue weighted by Gasteiger charge is -2.04. The van der Waals surface area contributed by atoms with Crippen LogP contribution in [0.3, 0.4) is 0 Å². The number of benzene rings is 1. The highest BCUT2D eigenvalue weighted by molar-refractivity contribution is 5.59. The molecule has 6 heteroatoms. The average Bonchev–Trinajstić information content (AvgIpc) is 3.23. The number of nitrogens with zero attached hydrogens (tertiary/aromatic N) is 4. The molecule has 0 amide bonds. The third kappa shape index (κ3) is 2.31. The van der Waals surface area contributed by atoms with E-state index in [1.807, 2.05) is 54.6 Å². The highest BCUT2D eigenvalue weighted by Crippen LogP contribution is 2.18. The number of fused-ring (bicyclic) bond motifs is 1. The van der Waals surface area contributed by atoms with Crippen LogP contribution >= 0.6 is 0 Å². The molecule has 4 rings (SSSR count). The summed E-state index contributed by atoms with van der Waals surface area (Å²) in [6.07, 6.45) is 1.65. The quantitative estimate of drug-likeness (QED) is 0.626. The van der Waals surface area contributed by atoms with Gasteiger partial charge in [0.15, 0.2) is 11.5 Å². The third-order valence-electron chi connectivity index (χ3n) is 3.32. The Morgan fingerprint density at radius 1 is 0.955 bits per heavy atom. The number of hydrogen-bond donors (Lipinski definition) is 1. The van der Waals surface area contributed by atoms with Crippen LogP contribution < -0.4 is 5.32 Å². The highest BCUT2D eigenvalue weighted by atomic mass is 16.3. The molecule has 0 bridgehead atoms. The van der Waals surface area contributed by atoms with Crippen molar-refractivity contribution >= 4 is 11.5 Å². The smallest absolute Gasteiger partial charge is 0.185 e. The van der Waals surface area contributed by atoms with E-state index in [1.54, 1.807) is 10.8 Å². The lowest BCUT2D eigenvalue weighted by atomic mass is 10.2. The van der Waals surface area contributed by atoms with Crippen LogP contribution in [0.2, 0.25) is 0 Å². The summed E-state index contributed by atoms with van der Waals surface area (Å²) in [7, 11) is 0. The van der Waals surface area contributed by atoms with Gasteiger partial charge >= 0.3 is 0 Å². The molecule has 3 heterocycles. The number of anilines is 1. The van der Waals surface area contributed by atoms with Gasteiger partial charge in [-0.15, -0.1) is 15.3 Å². The molecule has 4 aromatic rings. The van der Waals surface area contributed by atoms with Gasteiger partial charge in [-0.05, 0) is 24.3 Å². The molecule has 0 saturated carbocycles. The molecular weight excluding hydrogens is 278 g/mol. The van der Waals surface area contributed by atoms with E-state index in [1.165, 1.54) is 0 Å². The number of nitrogens with one attached hydrogen (secondary N) is 1. The van der Waals surface area contributed by atoms with Crippen molar-refractivity contribution in [3.8, 4) is 11.4 Å². The molecule has 0 unspecified atom stereocenters. The van der Waals surface area contributed by atoms with Crippen molar-refractivity contribution in [2.75, 3.05) is 5.32 Å². The van der Waals surface area contributed by atoms with Crippen LogP contribution in [0.5, 0.6) is 0 Å². The predicted molar refractivity (Wildman–Crippen MR) is 82.3 cm³/mol. The van der Waals surface area contributed by atoms with E-state index >= 15 is 0 Å². The van der Waals surface area contributed by atoms with E-state index < -0.39 is 0 Å². The second-order valence-corrected chi connectivity index (χ2v) is 4.81. The van der Waals surface area contributed by atoms with Crippen LogP contribution in [0.4, 0.5) is 5.82 Å². The van der Waals surface area contributed by atoms with Crippen molar-refractivity contribution in [2.45, 2.75) is 6.54 Å². The Balaban J connectivity index is 1.67. The van der Waals surface area contributed by atoms with Gasteiger partial charge in [0.2, 0.25) is 0 Å². The van der Waals surface area contributed by atoms with Gasteiger partial charge in [0, 0.05) is 5.56 Å². The van der Waals surface area contributed by atoms with Gasteiger partial charge in [-0.3, -0.25) is 0 Å².